The van der Waals surface area contributed by atoms with E-state index in [1.165, 1.54) is 0 Å². The molecule has 0 aliphatic carbocycles. The van der Waals surface area contributed by atoms with E-state index < -0.39 is 36.6 Å². The van der Waals surface area contributed by atoms with Gasteiger partial charge >= 0.3 is 14.2 Å². The Morgan fingerprint density at radius 2 is 0.734 bits per heavy atom. The second-order valence-electron chi connectivity index (χ2n) is 18.7. The summed E-state index contributed by atoms with van der Waals surface area (Å²) in [6, 6.07) is 43.0. The highest BCUT2D eigenvalue weighted by atomic mass is 32.2. The van der Waals surface area contributed by atoms with Gasteiger partial charge in [0.2, 0.25) is 0 Å². The van der Waals surface area contributed by atoms with Gasteiger partial charge in [-0.3, -0.25) is 0 Å². The van der Waals surface area contributed by atoms with Crippen LogP contribution in [0.25, 0.3) is 12.2 Å². The summed E-state index contributed by atoms with van der Waals surface area (Å²) >= 11 is 3.55. The highest BCUT2D eigenvalue weighted by Gasteiger charge is 2.53. The molecular formula is C52H52B2N2O6S2. The SMILES string of the molecule is COc1ccc(N2c3ccc(/C=C/c4ccc5c(c4)Sc4cc(B6OC(C)(C)C(C)(C)O6)ccc4N5c4ccc(OC)cc4)cc3Sc3cc(B4OC(C)(C)C(C)(C)O4)ccc32)cc1. The van der Waals surface area contributed by atoms with Crippen LogP contribution in [0.2, 0.25) is 0 Å². The molecule has 0 N–H and O–H groups in total. The van der Waals surface area contributed by atoms with Gasteiger partial charge in [0.15, 0.2) is 0 Å². The average Bonchev–Trinajstić information content (AvgIpc) is 3.65. The minimum absolute atomic E-state index is 0.431. The molecule has 6 aromatic rings. The molecule has 0 unspecified atom stereocenters. The first kappa shape index (κ1) is 42.9. The molecule has 324 valence electrons. The molecule has 2 fully saturated rings. The Labute approximate surface area is 386 Å². The third-order valence-corrected chi connectivity index (χ3v) is 15.7. The molecule has 6 aromatic carbocycles. The van der Waals surface area contributed by atoms with Crippen LogP contribution in [0, 0.1) is 0 Å². The van der Waals surface area contributed by atoms with Crippen molar-refractivity contribution in [2.24, 2.45) is 0 Å². The molecule has 2 saturated heterocycles. The number of anilines is 6. The number of hydrogen-bond acceptors (Lipinski definition) is 10. The first-order chi connectivity index (χ1) is 30.5. The molecule has 0 spiro atoms. The summed E-state index contributed by atoms with van der Waals surface area (Å²) in [6.07, 6.45) is 4.41. The Morgan fingerprint density at radius 1 is 0.422 bits per heavy atom. The van der Waals surface area contributed by atoms with Crippen molar-refractivity contribution in [2.45, 2.75) is 97.4 Å². The molecule has 10 rings (SSSR count). The van der Waals surface area contributed by atoms with Crippen LogP contribution < -0.4 is 30.2 Å². The second kappa shape index (κ2) is 15.8. The highest BCUT2D eigenvalue weighted by molar-refractivity contribution is 8.00. The molecule has 4 aliphatic rings. The first-order valence-electron chi connectivity index (χ1n) is 21.7. The van der Waals surface area contributed by atoms with Gasteiger partial charge in [-0.25, -0.2) is 0 Å². The van der Waals surface area contributed by atoms with Crippen molar-refractivity contribution in [3.8, 4) is 11.5 Å². The van der Waals surface area contributed by atoms with Gasteiger partial charge in [0.1, 0.15) is 11.5 Å². The van der Waals surface area contributed by atoms with Crippen LogP contribution in [0.5, 0.6) is 11.5 Å². The number of fused-ring (bicyclic) bond motifs is 4. The van der Waals surface area contributed by atoms with E-state index in [1.807, 2.05) is 24.3 Å². The molecule has 12 heteroatoms. The normalized spacial score (nSPS) is 18.7. The third kappa shape index (κ3) is 7.52. The van der Waals surface area contributed by atoms with E-state index in [2.05, 4.69) is 174 Å². The van der Waals surface area contributed by atoms with Crippen molar-refractivity contribution in [1.29, 1.82) is 0 Å². The van der Waals surface area contributed by atoms with Crippen LogP contribution in [0.1, 0.15) is 66.5 Å². The molecule has 64 heavy (non-hydrogen) atoms. The lowest BCUT2D eigenvalue weighted by Gasteiger charge is -2.33. The minimum Gasteiger partial charge on any atom is -0.497 e. The molecule has 0 saturated carbocycles. The van der Waals surface area contributed by atoms with Crippen LogP contribution in [0.15, 0.2) is 141 Å². The Morgan fingerprint density at radius 3 is 1.06 bits per heavy atom. The standard InChI is InChI=1S/C52H52B2N2O6S2/c1-49(2)50(3,4)60-53(59-49)35-15-27-43-47(31-35)63-45-29-33(13-25-41(45)55(43)37-17-21-39(57-9)22-18-37)11-12-34-14-26-42-46(30-34)64-48-32-36(54-61-51(5,6)52(7,8)62-54)16-28-44(48)56(42)38-19-23-40(58-10)24-20-38/h11-32H,1-10H3/b12-11+. The van der Waals surface area contributed by atoms with Crippen LogP contribution >= 0.6 is 23.5 Å². The third-order valence-electron chi connectivity index (χ3n) is 13.5. The van der Waals surface area contributed by atoms with E-state index in [0.717, 1.165) is 87.3 Å². The number of benzene rings is 6. The predicted molar refractivity (Wildman–Crippen MR) is 264 cm³/mol. The largest absolute Gasteiger partial charge is 0.497 e. The molecule has 8 nitrogen and oxygen atoms in total. The van der Waals surface area contributed by atoms with Crippen LogP contribution in [0.3, 0.4) is 0 Å². The van der Waals surface area contributed by atoms with Crippen molar-refractivity contribution >= 4 is 95.0 Å². The fraction of sp³-hybridized carbons (Fsp3) is 0.269. The fourth-order valence-electron chi connectivity index (χ4n) is 8.36. The Balaban J connectivity index is 0.977. The number of hydrogen-bond donors (Lipinski definition) is 0. The van der Waals surface area contributed by atoms with Crippen molar-refractivity contribution < 1.29 is 28.1 Å². The van der Waals surface area contributed by atoms with Gasteiger partial charge in [-0.15, -0.1) is 0 Å². The fourth-order valence-corrected chi connectivity index (χ4v) is 10.7. The highest BCUT2D eigenvalue weighted by Crippen LogP contribution is 2.54. The second-order valence-corrected chi connectivity index (χ2v) is 20.9. The number of rotatable bonds is 8. The maximum absolute atomic E-state index is 6.48. The molecule has 0 radical (unpaired) electrons. The smallest absolute Gasteiger partial charge is 0.494 e. The van der Waals surface area contributed by atoms with E-state index in [1.54, 1.807) is 37.7 Å². The molecule has 0 aromatic heterocycles. The van der Waals surface area contributed by atoms with E-state index in [9.17, 15) is 0 Å². The van der Waals surface area contributed by atoms with E-state index in [-0.39, 0.29) is 0 Å². The lowest BCUT2D eigenvalue weighted by molar-refractivity contribution is 0.00578. The zero-order valence-electron chi connectivity index (χ0n) is 38.0. The van der Waals surface area contributed by atoms with Crippen molar-refractivity contribution in [3.05, 3.63) is 132 Å². The van der Waals surface area contributed by atoms with Gasteiger partial charge in [0.05, 0.1) is 59.4 Å². The maximum Gasteiger partial charge on any atom is 0.494 e. The van der Waals surface area contributed by atoms with Gasteiger partial charge in [0, 0.05) is 31.0 Å². The molecule has 0 atom stereocenters. The van der Waals surface area contributed by atoms with Crippen molar-refractivity contribution in [1.82, 2.24) is 0 Å². The number of ether oxygens (including phenoxy) is 2. The van der Waals surface area contributed by atoms with Gasteiger partial charge in [-0.05, 0) is 175 Å². The van der Waals surface area contributed by atoms with Gasteiger partial charge in [-0.2, -0.15) is 0 Å². The van der Waals surface area contributed by atoms with E-state index in [0.29, 0.717) is 0 Å². The molecule has 4 heterocycles. The summed E-state index contributed by atoms with van der Waals surface area (Å²) < 4.78 is 37.0. The topological polar surface area (TPSA) is 61.9 Å². The van der Waals surface area contributed by atoms with Gasteiger partial charge < -0.3 is 37.9 Å². The summed E-state index contributed by atoms with van der Waals surface area (Å²) in [7, 11) is 2.48. The van der Waals surface area contributed by atoms with Gasteiger partial charge in [-0.1, -0.05) is 59.9 Å². The van der Waals surface area contributed by atoms with Crippen LogP contribution in [-0.2, 0) is 18.6 Å². The maximum atomic E-state index is 6.48. The minimum atomic E-state index is -0.454. The summed E-state index contributed by atoms with van der Waals surface area (Å²) in [4.78, 5) is 9.23. The zero-order valence-corrected chi connectivity index (χ0v) is 39.6. The Bertz CT molecular complexity index is 2590. The van der Waals surface area contributed by atoms with Crippen molar-refractivity contribution in [3.63, 3.8) is 0 Å². The Hall–Kier alpha value is -5.07. The van der Waals surface area contributed by atoms with E-state index in [4.69, 9.17) is 28.1 Å². The average molecular weight is 887 g/mol. The molecule has 0 bridgehead atoms. The van der Waals surface area contributed by atoms with Crippen LogP contribution in [-0.4, -0.2) is 50.9 Å². The van der Waals surface area contributed by atoms with E-state index >= 15 is 0 Å². The lowest BCUT2D eigenvalue weighted by Crippen LogP contribution is -2.41. The first-order valence-corrected chi connectivity index (χ1v) is 23.4. The summed E-state index contributed by atoms with van der Waals surface area (Å²) in [5.41, 5.74) is 9.03. The zero-order chi connectivity index (χ0) is 44.8. The summed E-state index contributed by atoms with van der Waals surface area (Å²) in [5.74, 6) is 1.63. The molecule has 4 aliphatic heterocycles. The summed E-state index contributed by atoms with van der Waals surface area (Å²) in [6.45, 7) is 16.7. The van der Waals surface area contributed by atoms with Crippen molar-refractivity contribution in [2.75, 3.05) is 24.0 Å². The summed E-state index contributed by atoms with van der Waals surface area (Å²) in [5, 5.41) is 0. The van der Waals surface area contributed by atoms with Crippen LogP contribution in [0.4, 0.5) is 34.1 Å². The predicted octanol–water partition coefficient (Wildman–Crippen LogP) is 12.3. The lowest BCUT2D eigenvalue weighted by atomic mass is 9.79. The van der Waals surface area contributed by atoms with Gasteiger partial charge in [0.25, 0.3) is 0 Å². The Kier molecular flexibility index (Phi) is 10.6. The quantitative estimate of drug-likeness (QED) is 0.109. The molecular weight excluding hydrogens is 834 g/mol. The number of methoxy groups -OCH3 is 2. The number of nitrogens with zero attached hydrogens (tertiary/aromatic N) is 2. The monoisotopic (exact) mass is 886 g/mol. The molecule has 0 amide bonds.